The van der Waals surface area contributed by atoms with E-state index in [9.17, 15) is 13.2 Å². The van der Waals surface area contributed by atoms with Crippen LogP contribution in [0, 0.1) is 6.92 Å². The number of fused-ring (bicyclic) bond motifs is 1. The molecule has 4 rings (SSSR count). The van der Waals surface area contributed by atoms with Crippen molar-refractivity contribution in [3.8, 4) is 5.75 Å². The van der Waals surface area contributed by atoms with Gasteiger partial charge in [-0.3, -0.25) is 9.52 Å². The van der Waals surface area contributed by atoms with Crippen LogP contribution in [-0.4, -0.2) is 27.5 Å². The monoisotopic (exact) mass is 450 g/mol. The predicted octanol–water partition coefficient (Wildman–Crippen LogP) is 4.79. The third kappa shape index (κ3) is 4.48. The van der Waals surface area contributed by atoms with E-state index in [0.717, 1.165) is 23.2 Å². The SMILES string of the molecule is CCOc1ccccc1NS(=O)(=O)c1ccc2c(c1)CCCN2C(=O)c1ccc(C)cc1. The quantitative estimate of drug-likeness (QED) is 0.586. The van der Waals surface area contributed by atoms with Gasteiger partial charge >= 0.3 is 0 Å². The van der Waals surface area contributed by atoms with Crippen molar-refractivity contribution in [3.05, 3.63) is 83.4 Å². The van der Waals surface area contributed by atoms with E-state index in [1.165, 1.54) is 0 Å². The molecule has 3 aromatic carbocycles. The lowest BCUT2D eigenvalue weighted by molar-refractivity contribution is 0.0985. The van der Waals surface area contributed by atoms with Gasteiger partial charge in [0.05, 0.1) is 17.2 Å². The van der Waals surface area contributed by atoms with E-state index in [4.69, 9.17) is 4.74 Å². The van der Waals surface area contributed by atoms with Gasteiger partial charge in [0, 0.05) is 17.8 Å². The van der Waals surface area contributed by atoms with E-state index in [-0.39, 0.29) is 10.8 Å². The Hall–Kier alpha value is -3.32. The molecule has 7 heteroatoms. The predicted molar refractivity (Wildman–Crippen MR) is 126 cm³/mol. The zero-order valence-corrected chi connectivity index (χ0v) is 19.0. The number of aryl methyl sites for hydroxylation is 2. The Labute approximate surface area is 188 Å². The Kier molecular flexibility index (Phi) is 6.19. The summed E-state index contributed by atoms with van der Waals surface area (Å²) in [6.45, 7) is 4.86. The summed E-state index contributed by atoms with van der Waals surface area (Å²) in [6.07, 6.45) is 1.49. The molecule has 0 fully saturated rings. The second kappa shape index (κ2) is 9.04. The Balaban J connectivity index is 1.62. The molecular formula is C25H26N2O4S. The number of ether oxygens (including phenoxy) is 1. The van der Waals surface area contributed by atoms with Gasteiger partial charge in [0.1, 0.15) is 5.75 Å². The van der Waals surface area contributed by atoms with Crippen LogP contribution in [-0.2, 0) is 16.4 Å². The number of carbonyl (C=O) groups is 1. The lowest BCUT2D eigenvalue weighted by Gasteiger charge is -2.30. The van der Waals surface area contributed by atoms with Crippen LogP contribution < -0.4 is 14.4 Å². The molecule has 0 atom stereocenters. The fourth-order valence-corrected chi connectivity index (χ4v) is 4.96. The van der Waals surface area contributed by atoms with E-state index < -0.39 is 10.0 Å². The third-order valence-electron chi connectivity index (χ3n) is 5.45. The number of nitrogens with one attached hydrogen (secondary N) is 1. The Morgan fingerprint density at radius 2 is 1.81 bits per heavy atom. The van der Waals surface area contributed by atoms with Gasteiger partial charge in [-0.2, -0.15) is 0 Å². The average Bonchev–Trinajstić information content (AvgIpc) is 2.79. The van der Waals surface area contributed by atoms with Gasteiger partial charge in [0.2, 0.25) is 0 Å². The number of hydrogen-bond donors (Lipinski definition) is 1. The molecule has 6 nitrogen and oxygen atoms in total. The first-order valence-electron chi connectivity index (χ1n) is 10.6. The summed E-state index contributed by atoms with van der Waals surface area (Å²) in [7, 11) is -3.82. The van der Waals surface area contributed by atoms with Gasteiger partial charge in [-0.15, -0.1) is 0 Å². The second-order valence-electron chi connectivity index (χ2n) is 7.75. The van der Waals surface area contributed by atoms with Crippen LogP contribution in [0.2, 0.25) is 0 Å². The van der Waals surface area contributed by atoms with Gasteiger partial charge in [-0.05, 0) is 74.7 Å². The Morgan fingerprint density at radius 3 is 2.56 bits per heavy atom. The standard InChI is InChI=1S/C25H26N2O4S/c1-3-31-24-9-5-4-8-22(24)26-32(29,30)21-14-15-23-20(17-21)7-6-16-27(23)25(28)19-12-10-18(2)11-13-19/h4-5,8-15,17,26H,3,6-7,16H2,1-2H3. The number of rotatable bonds is 6. The molecule has 0 radical (unpaired) electrons. The zero-order valence-electron chi connectivity index (χ0n) is 18.2. The summed E-state index contributed by atoms with van der Waals surface area (Å²) in [5.74, 6) is 0.400. The van der Waals surface area contributed by atoms with Gasteiger partial charge in [-0.25, -0.2) is 8.42 Å². The number of para-hydroxylation sites is 2. The summed E-state index contributed by atoms with van der Waals surface area (Å²) >= 11 is 0. The molecule has 1 N–H and O–H groups in total. The number of anilines is 2. The highest BCUT2D eigenvalue weighted by Gasteiger charge is 2.26. The maximum Gasteiger partial charge on any atom is 0.262 e. The maximum absolute atomic E-state index is 13.1. The van der Waals surface area contributed by atoms with Gasteiger partial charge < -0.3 is 9.64 Å². The third-order valence-corrected chi connectivity index (χ3v) is 6.82. The lowest BCUT2D eigenvalue weighted by Crippen LogP contribution is -2.35. The van der Waals surface area contributed by atoms with E-state index >= 15 is 0 Å². The number of sulfonamides is 1. The van der Waals surface area contributed by atoms with E-state index in [1.807, 2.05) is 38.1 Å². The number of amides is 1. The summed E-state index contributed by atoms with van der Waals surface area (Å²) in [5.41, 5.74) is 3.71. The molecule has 1 heterocycles. The second-order valence-corrected chi connectivity index (χ2v) is 9.43. The topological polar surface area (TPSA) is 75.7 Å². The normalized spacial score (nSPS) is 13.4. The molecule has 0 aromatic heterocycles. The first-order valence-corrected chi connectivity index (χ1v) is 12.1. The van der Waals surface area contributed by atoms with Crippen LogP contribution in [0.4, 0.5) is 11.4 Å². The molecule has 1 aliphatic heterocycles. The maximum atomic E-state index is 13.1. The van der Waals surface area contributed by atoms with Crippen molar-refractivity contribution in [1.29, 1.82) is 0 Å². The number of carbonyl (C=O) groups excluding carboxylic acids is 1. The summed E-state index contributed by atoms with van der Waals surface area (Å²) < 4.78 is 34.3. The van der Waals surface area contributed by atoms with Crippen LogP contribution in [0.3, 0.4) is 0 Å². The van der Waals surface area contributed by atoms with Crippen LogP contribution in [0.25, 0.3) is 0 Å². The fraction of sp³-hybridized carbons (Fsp3) is 0.240. The van der Waals surface area contributed by atoms with E-state index in [2.05, 4.69) is 4.72 Å². The summed E-state index contributed by atoms with van der Waals surface area (Å²) in [4.78, 5) is 15.0. The molecule has 3 aromatic rings. The van der Waals surface area contributed by atoms with E-state index in [1.54, 1.807) is 47.4 Å². The van der Waals surface area contributed by atoms with Crippen molar-refractivity contribution in [2.45, 2.75) is 31.6 Å². The molecule has 0 unspecified atom stereocenters. The summed E-state index contributed by atoms with van der Waals surface area (Å²) in [6, 6.07) is 19.4. The van der Waals surface area contributed by atoms with Crippen molar-refractivity contribution in [2.75, 3.05) is 22.8 Å². The van der Waals surface area contributed by atoms with Gasteiger partial charge in [-0.1, -0.05) is 29.8 Å². The number of benzene rings is 3. The van der Waals surface area contributed by atoms with Crippen LogP contribution >= 0.6 is 0 Å². The lowest BCUT2D eigenvalue weighted by atomic mass is 10.0. The highest BCUT2D eigenvalue weighted by molar-refractivity contribution is 7.92. The molecule has 1 aliphatic rings. The van der Waals surface area contributed by atoms with Crippen LogP contribution in [0.5, 0.6) is 5.75 Å². The van der Waals surface area contributed by atoms with Crippen molar-refractivity contribution < 1.29 is 17.9 Å². The van der Waals surface area contributed by atoms with E-state index in [0.29, 0.717) is 36.6 Å². The molecule has 1 amide bonds. The molecule has 0 aliphatic carbocycles. The van der Waals surface area contributed by atoms with Crippen molar-refractivity contribution in [2.24, 2.45) is 0 Å². The van der Waals surface area contributed by atoms with Crippen molar-refractivity contribution in [1.82, 2.24) is 0 Å². The fourth-order valence-electron chi connectivity index (χ4n) is 3.84. The number of nitrogens with zero attached hydrogens (tertiary/aromatic N) is 1. The minimum Gasteiger partial charge on any atom is -0.492 e. The molecule has 0 spiro atoms. The molecule has 0 saturated heterocycles. The highest BCUT2D eigenvalue weighted by atomic mass is 32.2. The first kappa shape index (κ1) is 21.9. The molecule has 0 bridgehead atoms. The van der Waals surface area contributed by atoms with Crippen molar-refractivity contribution in [3.63, 3.8) is 0 Å². The highest BCUT2D eigenvalue weighted by Crippen LogP contribution is 2.32. The van der Waals surface area contributed by atoms with Crippen molar-refractivity contribution >= 4 is 27.3 Å². The summed E-state index contributed by atoms with van der Waals surface area (Å²) in [5, 5.41) is 0. The Morgan fingerprint density at radius 1 is 1.06 bits per heavy atom. The minimum atomic E-state index is -3.82. The van der Waals surface area contributed by atoms with Crippen LogP contribution in [0.15, 0.2) is 71.6 Å². The molecule has 0 saturated carbocycles. The number of hydrogen-bond acceptors (Lipinski definition) is 4. The van der Waals surface area contributed by atoms with Gasteiger partial charge in [0.25, 0.3) is 15.9 Å². The van der Waals surface area contributed by atoms with Crippen LogP contribution in [0.1, 0.15) is 34.8 Å². The smallest absolute Gasteiger partial charge is 0.262 e. The molecular weight excluding hydrogens is 424 g/mol. The Bertz CT molecular complexity index is 1240. The zero-order chi connectivity index (χ0) is 22.7. The first-order chi connectivity index (χ1) is 15.4. The molecule has 32 heavy (non-hydrogen) atoms. The average molecular weight is 451 g/mol. The minimum absolute atomic E-state index is 0.0784. The largest absolute Gasteiger partial charge is 0.492 e. The van der Waals surface area contributed by atoms with Gasteiger partial charge in [0.15, 0.2) is 0 Å². The molecule has 166 valence electrons.